The molecule has 0 aliphatic carbocycles. The fourth-order valence-electron chi connectivity index (χ4n) is 1.25. The molecule has 15 heavy (non-hydrogen) atoms. The number of aromatic nitrogens is 1. The normalized spacial score (nSPS) is 14.6. The summed E-state index contributed by atoms with van der Waals surface area (Å²) in [4.78, 5) is 6.40. The predicted octanol–water partition coefficient (Wildman–Crippen LogP) is 1.70. The quantitative estimate of drug-likeness (QED) is 0.852. The molecule has 86 valence electrons. The topological polar surface area (TPSA) is 36.4 Å². The van der Waals surface area contributed by atoms with Crippen molar-refractivity contribution in [3.63, 3.8) is 0 Å². The Balaban J connectivity index is 2.67. The Morgan fingerprint density at radius 3 is 2.53 bits per heavy atom. The molecule has 3 nitrogen and oxygen atoms in total. The van der Waals surface area contributed by atoms with E-state index in [9.17, 15) is 5.11 Å². The molecule has 0 aliphatic heterocycles. The third-order valence-corrected chi connectivity index (χ3v) is 3.86. The molecule has 0 saturated heterocycles. The summed E-state index contributed by atoms with van der Waals surface area (Å²) >= 11 is 1.63. The second-order valence-corrected chi connectivity index (χ2v) is 5.69. The van der Waals surface area contributed by atoms with Crippen LogP contribution in [0.25, 0.3) is 0 Å². The highest BCUT2D eigenvalue weighted by molar-refractivity contribution is 7.09. The lowest BCUT2D eigenvalue weighted by Crippen LogP contribution is -2.49. The fourth-order valence-corrected chi connectivity index (χ4v) is 1.87. The molecule has 0 radical (unpaired) electrons. The first kappa shape index (κ1) is 12.6. The van der Waals surface area contributed by atoms with Gasteiger partial charge in [0.2, 0.25) is 0 Å². The van der Waals surface area contributed by atoms with Gasteiger partial charge in [-0.15, -0.1) is 11.3 Å². The highest BCUT2D eigenvalue weighted by atomic mass is 32.1. The van der Waals surface area contributed by atoms with E-state index in [1.54, 1.807) is 11.3 Å². The van der Waals surface area contributed by atoms with Crippen molar-refractivity contribution < 1.29 is 5.11 Å². The summed E-state index contributed by atoms with van der Waals surface area (Å²) < 4.78 is 0. The lowest BCUT2D eigenvalue weighted by Gasteiger charge is -2.36. The number of nitrogens with zero attached hydrogens (tertiary/aromatic N) is 2. The SMILES string of the molecule is Cc1nc(CC(O)C(C)(C)N(C)C)cs1. The van der Waals surface area contributed by atoms with E-state index in [0.29, 0.717) is 6.42 Å². The van der Waals surface area contributed by atoms with E-state index < -0.39 is 6.10 Å². The van der Waals surface area contributed by atoms with Crippen molar-refractivity contribution in [2.75, 3.05) is 14.1 Å². The summed E-state index contributed by atoms with van der Waals surface area (Å²) in [7, 11) is 3.96. The highest BCUT2D eigenvalue weighted by Gasteiger charge is 2.30. The van der Waals surface area contributed by atoms with Gasteiger partial charge in [0.25, 0.3) is 0 Å². The molecule has 1 aromatic heterocycles. The molecule has 0 amide bonds. The smallest absolute Gasteiger partial charge is 0.0897 e. The van der Waals surface area contributed by atoms with Crippen molar-refractivity contribution in [1.29, 1.82) is 0 Å². The van der Waals surface area contributed by atoms with Crippen molar-refractivity contribution in [2.45, 2.75) is 38.8 Å². The lowest BCUT2D eigenvalue weighted by molar-refractivity contribution is 0.0177. The summed E-state index contributed by atoms with van der Waals surface area (Å²) in [5, 5.41) is 13.2. The van der Waals surface area contributed by atoms with Crippen LogP contribution in [-0.4, -0.2) is 40.7 Å². The minimum Gasteiger partial charge on any atom is -0.391 e. The highest BCUT2D eigenvalue weighted by Crippen LogP contribution is 2.20. The third kappa shape index (κ3) is 3.00. The average molecular weight is 228 g/mol. The van der Waals surface area contributed by atoms with Gasteiger partial charge in [-0.1, -0.05) is 0 Å². The second kappa shape index (κ2) is 4.60. The van der Waals surface area contributed by atoms with Gasteiger partial charge >= 0.3 is 0 Å². The molecule has 1 rings (SSSR count). The van der Waals surface area contributed by atoms with Crippen LogP contribution in [0.1, 0.15) is 24.5 Å². The molecule has 0 aliphatic rings. The summed E-state index contributed by atoms with van der Waals surface area (Å²) in [6.45, 7) is 6.06. The Morgan fingerprint density at radius 2 is 2.13 bits per heavy atom. The Morgan fingerprint density at radius 1 is 1.53 bits per heavy atom. The lowest BCUT2D eigenvalue weighted by atomic mass is 9.92. The maximum atomic E-state index is 10.1. The number of hydrogen-bond donors (Lipinski definition) is 1. The van der Waals surface area contributed by atoms with Crippen LogP contribution in [0, 0.1) is 6.92 Å². The van der Waals surface area contributed by atoms with Gasteiger partial charge in [0.1, 0.15) is 0 Å². The van der Waals surface area contributed by atoms with E-state index >= 15 is 0 Å². The van der Waals surface area contributed by atoms with Gasteiger partial charge in [0, 0.05) is 17.3 Å². The van der Waals surface area contributed by atoms with Crippen LogP contribution < -0.4 is 0 Å². The van der Waals surface area contributed by atoms with E-state index in [1.807, 2.05) is 45.1 Å². The Bertz CT molecular complexity index is 320. The van der Waals surface area contributed by atoms with Crippen molar-refractivity contribution in [2.24, 2.45) is 0 Å². The third-order valence-electron chi connectivity index (χ3n) is 3.04. The van der Waals surface area contributed by atoms with Crippen molar-refractivity contribution in [3.8, 4) is 0 Å². The zero-order valence-electron chi connectivity index (χ0n) is 10.1. The number of aryl methyl sites for hydroxylation is 1. The summed E-state index contributed by atoms with van der Waals surface area (Å²) in [6, 6.07) is 0. The van der Waals surface area contributed by atoms with Crippen LogP contribution in [0.5, 0.6) is 0 Å². The van der Waals surface area contributed by atoms with Gasteiger partial charge in [0.15, 0.2) is 0 Å². The van der Waals surface area contributed by atoms with Gasteiger partial charge in [0.05, 0.1) is 16.8 Å². The van der Waals surface area contributed by atoms with Crippen LogP contribution in [-0.2, 0) is 6.42 Å². The number of thiazole rings is 1. The molecule has 1 unspecified atom stereocenters. The average Bonchev–Trinajstić information content (AvgIpc) is 2.50. The van der Waals surface area contributed by atoms with Crippen molar-refractivity contribution in [1.82, 2.24) is 9.88 Å². The molecular weight excluding hydrogens is 208 g/mol. The van der Waals surface area contributed by atoms with Crippen LogP contribution in [0.4, 0.5) is 0 Å². The van der Waals surface area contributed by atoms with E-state index in [2.05, 4.69) is 4.98 Å². The van der Waals surface area contributed by atoms with E-state index in [-0.39, 0.29) is 5.54 Å². The monoisotopic (exact) mass is 228 g/mol. The summed E-state index contributed by atoms with van der Waals surface area (Å²) in [5.41, 5.74) is 0.761. The molecule has 0 spiro atoms. The van der Waals surface area contributed by atoms with Crippen LogP contribution in [0.3, 0.4) is 0 Å². The molecule has 0 saturated carbocycles. The predicted molar refractivity (Wildman–Crippen MR) is 64.3 cm³/mol. The largest absolute Gasteiger partial charge is 0.391 e. The molecule has 4 heteroatoms. The Kier molecular flexibility index (Phi) is 3.87. The number of likely N-dealkylation sites (N-methyl/N-ethyl adjacent to an activating group) is 1. The molecule has 1 N–H and O–H groups in total. The minimum atomic E-state index is -0.394. The van der Waals surface area contributed by atoms with E-state index in [0.717, 1.165) is 10.7 Å². The molecule has 1 heterocycles. The zero-order valence-corrected chi connectivity index (χ0v) is 10.9. The second-order valence-electron chi connectivity index (χ2n) is 4.63. The van der Waals surface area contributed by atoms with Crippen molar-refractivity contribution >= 4 is 11.3 Å². The zero-order chi connectivity index (χ0) is 11.6. The number of aliphatic hydroxyl groups excluding tert-OH is 1. The summed E-state index contributed by atoms with van der Waals surface area (Å²) in [6.07, 6.45) is 0.226. The maximum Gasteiger partial charge on any atom is 0.0897 e. The summed E-state index contributed by atoms with van der Waals surface area (Å²) in [5.74, 6) is 0. The van der Waals surface area contributed by atoms with E-state index in [4.69, 9.17) is 0 Å². The standard InChI is InChI=1S/C11H20N2OS/c1-8-12-9(7-15-8)6-10(14)11(2,3)13(4)5/h7,10,14H,6H2,1-5H3. The molecule has 0 bridgehead atoms. The van der Waals surface area contributed by atoms with Gasteiger partial charge in [-0.05, 0) is 34.9 Å². The molecule has 0 fully saturated rings. The van der Waals surface area contributed by atoms with Gasteiger partial charge < -0.3 is 10.0 Å². The van der Waals surface area contributed by atoms with Gasteiger partial charge in [-0.2, -0.15) is 0 Å². The fraction of sp³-hybridized carbons (Fsp3) is 0.727. The Labute approximate surface area is 95.8 Å². The maximum absolute atomic E-state index is 10.1. The van der Waals surface area contributed by atoms with Crippen LogP contribution in [0.2, 0.25) is 0 Å². The molecule has 1 atom stereocenters. The van der Waals surface area contributed by atoms with Crippen LogP contribution >= 0.6 is 11.3 Å². The molecular formula is C11H20N2OS. The van der Waals surface area contributed by atoms with Gasteiger partial charge in [-0.3, -0.25) is 0 Å². The van der Waals surface area contributed by atoms with Crippen molar-refractivity contribution in [3.05, 3.63) is 16.1 Å². The first-order chi connectivity index (χ1) is 6.84. The minimum absolute atomic E-state index is 0.225. The number of rotatable bonds is 4. The number of aliphatic hydroxyl groups is 1. The Hall–Kier alpha value is -0.450. The first-order valence-corrected chi connectivity index (χ1v) is 5.98. The van der Waals surface area contributed by atoms with Crippen LogP contribution in [0.15, 0.2) is 5.38 Å². The first-order valence-electron chi connectivity index (χ1n) is 5.10. The molecule has 1 aromatic rings. The number of hydrogen-bond acceptors (Lipinski definition) is 4. The van der Waals surface area contributed by atoms with Gasteiger partial charge in [-0.25, -0.2) is 4.98 Å². The molecule has 0 aromatic carbocycles. The van der Waals surface area contributed by atoms with E-state index in [1.165, 1.54) is 0 Å².